The molecule has 0 atom stereocenters. The van der Waals surface area contributed by atoms with Crippen LogP contribution in [0.3, 0.4) is 0 Å². The quantitative estimate of drug-likeness (QED) is 0.280. The number of nitrogens with two attached hydrogens (primary N) is 2. The summed E-state index contributed by atoms with van der Waals surface area (Å²) in [5, 5.41) is 11.0. The highest BCUT2D eigenvalue weighted by atomic mass is 35.5. The summed E-state index contributed by atoms with van der Waals surface area (Å²) >= 11 is 0. The molecule has 0 bridgehead atoms. The number of aromatic nitrogens is 1. The van der Waals surface area contributed by atoms with E-state index in [0.717, 1.165) is 68.6 Å². The number of carbonyl (C=O) groups excluding carboxylic acids is 2. The van der Waals surface area contributed by atoms with Crippen LogP contribution in [0.2, 0.25) is 0 Å². The minimum atomic E-state index is -0.709. The average Bonchev–Trinajstić information content (AvgIpc) is 3.47. The second kappa shape index (κ2) is 11.6. The van der Waals surface area contributed by atoms with Crippen LogP contribution in [0.5, 0.6) is 0 Å². The number of unbranched alkanes of at least 4 members (excludes halogenated alkanes) is 1. The second-order valence-electron chi connectivity index (χ2n) is 9.57. The van der Waals surface area contributed by atoms with Crippen molar-refractivity contribution in [2.45, 2.75) is 25.7 Å². The first-order valence-corrected chi connectivity index (χ1v) is 12.5. The maximum absolute atomic E-state index is 11.8. The number of nitrogens with one attached hydrogen (secondary N) is 1. The molecule has 5 rings (SSSR count). The zero-order chi connectivity index (χ0) is 25.9. The van der Waals surface area contributed by atoms with Gasteiger partial charge in [-0.3, -0.25) is 14.5 Å². The van der Waals surface area contributed by atoms with E-state index in [1.165, 1.54) is 5.56 Å². The van der Waals surface area contributed by atoms with Crippen LogP contribution in [0, 0.1) is 11.3 Å². The average molecular weight is 535 g/mol. The zero-order valence-corrected chi connectivity index (χ0v) is 21.9. The van der Waals surface area contributed by atoms with E-state index in [0.29, 0.717) is 22.1 Å². The molecule has 10 heteroatoms. The number of benzene rings is 2. The molecule has 2 aromatic heterocycles. The number of carbonyl (C=O) groups is 2. The Morgan fingerprint density at radius 2 is 1.82 bits per heavy atom. The van der Waals surface area contributed by atoms with E-state index in [9.17, 15) is 14.9 Å². The van der Waals surface area contributed by atoms with Gasteiger partial charge in [0, 0.05) is 59.9 Å². The van der Waals surface area contributed by atoms with Gasteiger partial charge in [-0.1, -0.05) is 0 Å². The van der Waals surface area contributed by atoms with Crippen molar-refractivity contribution in [1.82, 2.24) is 9.88 Å². The highest BCUT2D eigenvalue weighted by Crippen LogP contribution is 2.31. The third kappa shape index (κ3) is 5.62. The van der Waals surface area contributed by atoms with E-state index in [-0.39, 0.29) is 24.6 Å². The molecule has 1 aliphatic rings. The van der Waals surface area contributed by atoms with E-state index in [2.05, 4.69) is 27.0 Å². The van der Waals surface area contributed by atoms with Gasteiger partial charge in [-0.15, -0.1) is 12.4 Å². The molecule has 1 saturated heterocycles. The first-order chi connectivity index (χ1) is 17.9. The van der Waals surface area contributed by atoms with Crippen LogP contribution in [0.15, 0.2) is 47.0 Å². The van der Waals surface area contributed by atoms with Crippen LogP contribution in [-0.4, -0.2) is 54.4 Å². The molecule has 5 N–H and O–H groups in total. The summed E-state index contributed by atoms with van der Waals surface area (Å²) in [5.41, 5.74) is 15.9. The Morgan fingerprint density at radius 1 is 1.03 bits per heavy atom. The van der Waals surface area contributed by atoms with Crippen molar-refractivity contribution in [3.8, 4) is 6.07 Å². The Balaban J connectivity index is 0.00000336. The maximum atomic E-state index is 11.8. The second-order valence-corrected chi connectivity index (χ2v) is 9.57. The molecule has 2 aromatic carbocycles. The molecule has 198 valence electrons. The number of nitrogens with zero attached hydrogens (tertiary/aromatic N) is 3. The standard InChI is InChI=1S/C28H30N6O3.ClH/c29-16-18-4-6-24-21(13-18)19(17-32-24)3-1-2-8-33-9-11-34(12-10-33)20-5-7-25-22(14-20)23(15-26(30)35)27(37-25)28(31)36;/h4-7,13-14,17,32H,1-3,8-12,15H2,(H2,30,35)(H2,31,36);1H. The molecule has 0 radical (unpaired) electrons. The number of hydrogen-bond acceptors (Lipinski definition) is 6. The first kappa shape index (κ1) is 27.0. The van der Waals surface area contributed by atoms with E-state index >= 15 is 0 Å². The molecule has 1 fully saturated rings. The van der Waals surface area contributed by atoms with Crippen molar-refractivity contribution < 1.29 is 14.0 Å². The number of aromatic amines is 1. The normalized spacial score (nSPS) is 13.9. The number of aryl methyl sites for hydroxylation is 1. The molecule has 38 heavy (non-hydrogen) atoms. The molecule has 0 spiro atoms. The van der Waals surface area contributed by atoms with Crippen molar-refractivity contribution in [3.63, 3.8) is 0 Å². The minimum Gasteiger partial charge on any atom is -0.451 e. The van der Waals surface area contributed by atoms with Gasteiger partial charge < -0.3 is 25.8 Å². The van der Waals surface area contributed by atoms with E-state index < -0.39 is 11.8 Å². The minimum absolute atomic E-state index is 0. The van der Waals surface area contributed by atoms with Crippen molar-refractivity contribution in [3.05, 3.63) is 65.0 Å². The fourth-order valence-corrected chi connectivity index (χ4v) is 5.22. The number of hydrogen-bond donors (Lipinski definition) is 3. The number of piperazine rings is 1. The molecule has 0 aliphatic carbocycles. The van der Waals surface area contributed by atoms with Crippen molar-refractivity contribution in [2.75, 3.05) is 37.6 Å². The topological polar surface area (TPSA) is 145 Å². The summed E-state index contributed by atoms with van der Waals surface area (Å²) in [6.45, 7) is 4.74. The molecule has 1 aliphatic heterocycles. The summed E-state index contributed by atoms with van der Waals surface area (Å²) < 4.78 is 5.61. The van der Waals surface area contributed by atoms with Crippen LogP contribution in [0.4, 0.5) is 5.69 Å². The van der Waals surface area contributed by atoms with Crippen LogP contribution in [0.1, 0.15) is 40.1 Å². The van der Waals surface area contributed by atoms with Gasteiger partial charge in [0.05, 0.1) is 18.1 Å². The van der Waals surface area contributed by atoms with E-state index in [1.807, 2.05) is 36.4 Å². The predicted molar refractivity (Wildman–Crippen MR) is 149 cm³/mol. The fraction of sp³-hybridized carbons (Fsp3) is 0.321. The Labute approximate surface area is 226 Å². The van der Waals surface area contributed by atoms with Crippen molar-refractivity contribution >= 4 is 51.8 Å². The van der Waals surface area contributed by atoms with Gasteiger partial charge in [0.15, 0.2) is 5.76 Å². The highest BCUT2D eigenvalue weighted by molar-refractivity contribution is 6.01. The number of halogens is 1. The lowest BCUT2D eigenvalue weighted by atomic mass is 10.0. The lowest BCUT2D eigenvalue weighted by Gasteiger charge is -2.36. The molecular formula is C28H31ClN6O3. The summed E-state index contributed by atoms with van der Waals surface area (Å²) in [4.78, 5) is 31.5. The highest BCUT2D eigenvalue weighted by Gasteiger charge is 2.22. The van der Waals surface area contributed by atoms with Crippen LogP contribution < -0.4 is 16.4 Å². The number of nitriles is 1. The van der Waals surface area contributed by atoms with Gasteiger partial charge in [-0.25, -0.2) is 0 Å². The number of primary amides is 2. The molecule has 2 amide bonds. The Hall–Kier alpha value is -4.00. The maximum Gasteiger partial charge on any atom is 0.284 e. The Kier molecular flexibility index (Phi) is 8.25. The smallest absolute Gasteiger partial charge is 0.284 e. The molecule has 9 nitrogen and oxygen atoms in total. The molecule has 0 unspecified atom stereocenters. The number of anilines is 1. The van der Waals surface area contributed by atoms with Crippen molar-refractivity contribution in [2.24, 2.45) is 11.5 Å². The zero-order valence-electron chi connectivity index (χ0n) is 21.0. The van der Waals surface area contributed by atoms with Gasteiger partial charge in [0.1, 0.15) is 5.58 Å². The number of furan rings is 1. The molecular weight excluding hydrogens is 504 g/mol. The number of fused-ring (bicyclic) bond motifs is 2. The molecule has 0 saturated carbocycles. The van der Waals surface area contributed by atoms with E-state index in [1.54, 1.807) is 0 Å². The van der Waals surface area contributed by atoms with Gasteiger partial charge in [-0.05, 0) is 67.8 Å². The van der Waals surface area contributed by atoms with Gasteiger partial charge in [-0.2, -0.15) is 5.26 Å². The van der Waals surface area contributed by atoms with E-state index in [4.69, 9.17) is 15.9 Å². The lowest BCUT2D eigenvalue weighted by Crippen LogP contribution is -2.46. The SMILES string of the molecule is Cl.N#Cc1ccc2[nH]cc(CCCCN3CCN(c4ccc5oc(C(N)=O)c(CC(N)=O)c5c4)CC3)c2c1. The molecule has 4 aromatic rings. The number of rotatable bonds is 9. The van der Waals surface area contributed by atoms with Crippen LogP contribution >= 0.6 is 12.4 Å². The monoisotopic (exact) mass is 534 g/mol. The summed E-state index contributed by atoms with van der Waals surface area (Å²) in [6.07, 6.45) is 5.15. The van der Waals surface area contributed by atoms with Gasteiger partial charge in [0.2, 0.25) is 5.91 Å². The third-order valence-electron chi connectivity index (χ3n) is 7.15. The van der Waals surface area contributed by atoms with Crippen LogP contribution in [-0.2, 0) is 17.6 Å². The van der Waals surface area contributed by atoms with Gasteiger partial charge in [0.25, 0.3) is 5.91 Å². The first-order valence-electron chi connectivity index (χ1n) is 12.5. The Bertz CT molecular complexity index is 1510. The van der Waals surface area contributed by atoms with Crippen LogP contribution in [0.25, 0.3) is 21.9 Å². The largest absolute Gasteiger partial charge is 0.451 e. The molecule has 3 heterocycles. The predicted octanol–water partition coefficient (Wildman–Crippen LogP) is 3.48. The number of H-pyrrole nitrogens is 1. The Morgan fingerprint density at radius 3 is 2.53 bits per heavy atom. The number of amides is 2. The lowest BCUT2D eigenvalue weighted by molar-refractivity contribution is -0.117. The summed E-state index contributed by atoms with van der Waals surface area (Å²) in [5.74, 6) is -1.26. The summed E-state index contributed by atoms with van der Waals surface area (Å²) in [7, 11) is 0. The fourth-order valence-electron chi connectivity index (χ4n) is 5.22. The summed E-state index contributed by atoms with van der Waals surface area (Å²) in [6, 6.07) is 13.7. The van der Waals surface area contributed by atoms with Crippen molar-refractivity contribution in [1.29, 1.82) is 5.26 Å². The third-order valence-corrected chi connectivity index (χ3v) is 7.15. The van der Waals surface area contributed by atoms with Gasteiger partial charge >= 0.3 is 0 Å².